The van der Waals surface area contributed by atoms with Crippen molar-refractivity contribution in [3.63, 3.8) is 0 Å². The van der Waals surface area contributed by atoms with Crippen LogP contribution in [0.25, 0.3) is 11.4 Å². The van der Waals surface area contributed by atoms with Gasteiger partial charge in [0.2, 0.25) is 5.91 Å². The molecule has 1 aromatic heterocycles. The Balaban J connectivity index is 1.66. The third-order valence-corrected chi connectivity index (χ3v) is 5.15. The van der Waals surface area contributed by atoms with Crippen LogP contribution in [0.2, 0.25) is 0 Å². The Morgan fingerprint density at radius 1 is 1.15 bits per heavy atom. The Morgan fingerprint density at radius 2 is 1.85 bits per heavy atom. The van der Waals surface area contributed by atoms with E-state index in [9.17, 15) is 9.90 Å². The summed E-state index contributed by atoms with van der Waals surface area (Å²) in [6, 6.07) is 16.8. The molecule has 0 unspecified atom stereocenters. The fourth-order valence-corrected chi connectivity index (χ4v) is 3.59. The van der Waals surface area contributed by atoms with Crippen molar-refractivity contribution in [2.75, 3.05) is 5.75 Å². The minimum Gasteiger partial charge on any atom is -0.507 e. The third kappa shape index (κ3) is 4.49. The normalized spacial score (nSPS) is 11.9. The highest BCUT2D eigenvalue weighted by Gasteiger charge is 2.17. The molecule has 7 heteroatoms. The highest BCUT2D eigenvalue weighted by Crippen LogP contribution is 2.30. The summed E-state index contributed by atoms with van der Waals surface area (Å²) >= 11 is 1.33. The Bertz CT molecular complexity index is 911. The Labute approximate surface area is 162 Å². The molecule has 1 heterocycles. The number of phenolic OH excluding ortho intramolecular Hbond substituents is 1. The number of carbonyl (C=O) groups is 1. The number of nitrogens with zero attached hydrogens (tertiary/aromatic N) is 3. The molecule has 0 bridgehead atoms. The number of rotatable bonds is 7. The van der Waals surface area contributed by atoms with E-state index in [1.807, 2.05) is 54.8 Å². The van der Waals surface area contributed by atoms with E-state index in [0.717, 1.165) is 5.56 Å². The van der Waals surface area contributed by atoms with Crippen LogP contribution in [-0.4, -0.2) is 31.5 Å². The lowest BCUT2D eigenvalue weighted by Crippen LogP contribution is -2.28. The minimum atomic E-state index is -0.0638. The Morgan fingerprint density at radius 3 is 2.56 bits per heavy atom. The van der Waals surface area contributed by atoms with E-state index in [-0.39, 0.29) is 23.5 Å². The molecule has 0 saturated carbocycles. The molecule has 0 aliphatic rings. The number of nitrogens with one attached hydrogen (secondary N) is 1. The number of thioether (sulfide) groups is 1. The first kappa shape index (κ1) is 19.0. The molecule has 0 saturated heterocycles. The molecule has 1 amide bonds. The van der Waals surface area contributed by atoms with Crippen LogP contribution in [0.4, 0.5) is 0 Å². The fraction of sp³-hybridized carbons (Fsp3) is 0.250. The molecular formula is C20H22N4O2S. The van der Waals surface area contributed by atoms with E-state index >= 15 is 0 Å². The number of amides is 1. The molecule has 6 nitrogen and oxygen atoms in total. The van der Waals surface area contributed by atoms with Gasteiger partial charge < -0.3 is 15.0 Å². The summed E-state index contributed by atoms with van der Waals surface area (Å²) in [4.78, 5) is 12.3. The number of aromatic hydroxyl groups is 1. The van der Waals surface area contributed by atoms with Crippen molar-refractivity contribution in [3.8, 4) is 17.1 Å². The smallest absolute Gasteiger partial charge is 0.230 e. The molecule has 140 valence electrons. The first-order valence-electron chi connectivity index (χ1n) is 8.78. The molecule has 0 spiro atoms. The van der Waals surface area contributed by atoms with Crippen LogP contribution >= 0.6 is 11.8 Å². The summed E-state index contributed by atoms with van der Waals surface area (Å²) in [6.07, 6.45) is 0. The molecule has 3 rings (SSSR count). The zero-order valence-corrected chi connectivity index (χ0v) is 16.1. The molecule has 1 atom stereocenters. The van der Waals surface area contributed by atoms with E-state index in [1.54, 1.807) is 18.2 Å². The fourth-order valence-electron chi connectivity index (χ4n) is 2.78. The van der Waals surface area contributed by atoms with Crippen LogP contribution in [0.3, 0.4) is 0 Å². The van der Waals surface area contributed by atoms with Crippen molar-refractivity contribution in [2.24, 2.45) is 0 Å². The molecule has 27 heavy (non-hydrogen) atoms. The number of aromatic nitrogens is 3. The van der Waals surface area contributed by atoms with Gasteiger partial charge in [-0.3, -0.25) is 4.79 Å². The monoisotopic (exact) mass is 382 g/mol. The lowest BCUT2D eigenvalue weighted by molar-refractivity contribution is -0.119. The molecule has 3 aromatic rings. The maximum atomic E-state index is 12.3. The van der Waals surface area contributed by atoms with Gasteiger partial charge in [0.05, 0.1) is 17.4 Å². The quantitative estimate of drug-likeness (QED) is 0.610. The van der Waals surface area contributed by atoms with Crippen molar-refractivity contribution in [3.05, 3.63) is 60.2 Å². The number of hydrogen-bond acceptors (Lipinski definition) is 5. The van der Waals surface area contributed by atoms with Gasteiger partial charge in [0.15, 0.2) is 11.0 Å². The molecule has 0 aliphatic carbocycles. The first-order valence-corrected chi connectivity index (χ1v) is 9.77. The zero-order valence-electron chi connectivity index (χ0n) is 15.3. The van der Waals surface area contributed by atoms with Crippen molar-refractivity contribution in [1.29, 1.82) is 0 Å². The van der Waals surface area contributed by atoms with Crippen molar-refractivity contribution in [2.45, 2.75) is 31.6 Å². The van der Waals surface area contributed by atoms with Gasteiger partial charge in [-0.25, -0.2) is 0 Å². The van der Waals surface area contributed by atoms with Gasteiger partial charge >= 0.3 is 0 Å². The van der Waals surface area contributed by atoms with Gasteiger partial charge in [0.1, 0.15) is 5.75 Å². The molecule has 0 fully saturated rings. The molecule has 0 radical (unpaired) electrons. The average molecular weight is 382 g/mol. The van der Waals surface area contributed by atoms with Crippen LogP contribution in [0, 0.1) is 0 Å². The van der Waals surface area contributed by atoms with Crippen LogP contribution in [0.1, 0.15) is 25.5 Å². The summed E-state index contributed by atoms with van der Waals surface area (Å²) < 4.78 is 1.90. The van der Waals surface area contributed by atoms with E-state index in [0.29, 0.717) is 23.1 Å². The number of para-hydroxylation sites is 1. The lowest BCUT2D eigenvalue weighted by Gasteiger charge is -2.14. The van der Waals surface area contributed by atoms with Crippen LogP contribution in [-0.2, 0) is 11.3 Å². The summed E-state index contributed by atoms with van der Waals surface area (Å²) in [5.41, 5.74) is 1.69. The highest BCUT2D eigenvalue weighted by atomic mass is 32.2. The van der Waals surface area contributed by atoms with E-state index in [1.165, 1.54) is 11.8 Å². The largest absolute Gasteiger partial charge is 0.507 e. The van der Waals surface area contributed by atoms with Crippen LogP contribution < -0.4 is 5.32 Å². The average Bonchev–Trinajstić information content (AvgIpc) is 3.10. The van der Waals surface area contributed by atoms with Gasteiger partial charge in [-0.15, -0.1) is 10.2 Å². The molecule has 2 N–H and O–H groups in total. The van der Waals surface area contributed by atoms with Crippen LogP contribution in [0.5, 0.6) is 5.75 Å². The SMILES string of the molecule is CCn1c(SCC(=O)N[C@H](C)c2ccccc2)nnc1-c1ccccc1O. The predicted octanol–water partition coefficient (Wildman–Crippen LogP) is 3.64. The van der Waals surface area contributed by atoms with Gasteiger partial charge in [0, 0.05) is 6.54 Å². The Kier molecular flexibility index (Phi) is 6.13. The summed E-state index contributed by atoms with van der Waals surface area (Å²) in [6.45, 7) is 4.58. The zero-order chi connectivity index (χ0) is 19.2. The van der Waals surface area contributed by atoms with Crippen LogP contribution in [0.15, 0.2) is 59.8 Å². The standard InChI is InChI=1S/C20H22N4O2S/c1-3-24-19(16-11-7-8-12-17(16)25)22-23-20(24)27-13-18(26)21-14(2)15-9-5-4-6-10-15/h4-12,14,25H,3,13H2,1-2H3,(H,21,26)/t14-/m1/s1. The van der Waals surface area contributed by atoms with E-state index in [4.69, 9.17) is 0 Å². The first-order chi connectivity index (χ1) is 13.1. The third-order valence-electron chi connectivity index (χ3n) is 4.19. The second-order valence-corrected chi connectivity index (χ2v) is 7.00. The van der Waals surface area contributed by atoms with Gasteiger partial charge in [-0.2, -0.15) is 0 Å². The highest BCUT2D eigenvalue weighted by molar-refractivity contribution is 7.99. The van der Waals surface area contributed by atoms with Crippen molar-refractivity contribution >= 4 is 17.7 Å². The second-order valence-electron chi connectivity index (χ2n) is 6.06. The number of benzene rings is 2. The van der Waals surface area contributed by atoms with Gasteiger partial charge in [-0.1, -0.05) is 54.2 Å². The molecular weight excluding hydrogens is 360 g/mol. The number of hydrogen-bond donors (Lipinski definition) is 2. The molecule has 2 aromatic carbocycles. The summed E-state index contributed by atoms with van der Waals surface area (Å²) in [5, 5.41) is 22.1. The lowest BCUT2D eigenvalue weighted by atomic mass is 10.1. The number of carbonyl (C=O) groups excluding carboxylic acids is 1. The van der Waals surface area contributed by atoms with Crippen molar-refractivity contribution < 1.29 is 9.90 Å². The van der Waals surface area contributed by atoms with E-state index < -0.39 is 0 Å². The van der Waals surface area contributed by atoms with E-state index in [2.05, 4.69) is 15.5 Å². The minimum absolute atomic E-state index is 0.0554. The maximum Gasteiger partial charge on any atom is 0.230 e. The Hall–Kier alpha value is -2.80. The predicted molar refractivity (Wildman–Crippen MR) is 107 cm³/mol. The maximum absolute atomic E-state index is 12.3. The summed E-state index contributed by atoms with van der Waals surface area (Å²) in [7, 11) is 0. The summed E-state index contributed by atoms with van der Waals surface area (Å²) in [5.74, 6) is 0.934. The number of phenols is 1. The van der Waals surface area contributed by atoms with Gasteiger partial charge in [-0.05, 0) is 31.5 Å². The molecule has 0 aliphatic heterocycles. The second kappa shape index (κ2) is 8.73. The topological polar surface area (TPSA) is 80.0 Å². The van der Waals surface area contributed by atoms with Gasteiger partial charge in [0.25, 0.3) is 0 Å². The van der Waals surface area contributed by atoms with Crippen molar-refractivity contribution in [1.82, 2.24) is 20.1 Å².